The molecule has 0 aliphatic carbocycles. The lowest BCUT2D eigenvalue weighted by Crippen LogP contribution is -2.56. The molecule has 0 radical (unpaired) electrons. The summed E-state index contributed by atoms with van der Waals surface area (Å²) < 4.78 is 46.9. The number of hydrogen-bond donors (Lipinski definition) is 3. The van der Waals surface area contributed by atoms with Crippen LogP contribution >= 0.6 is 0 Å². The van der Waals surface area contributed by atoms with Gasteiger partial charge in [-0.15, -0.1) is 0 Å². The Morgan fingerprint density at radius 1 is 0.907 bits per heavy atom. The van der Waals surface area contributed by atoms with Gasteiger partial charge >= 0.3 is 18.0 Å². The molecule has 1 aliphatic rings. The number of benzene rings is 2. The smallest absolute Gasteiger partial charge is 0.407 e. The minimum Gasteiger partial charge on any atom is -0.478 e. The first kappa shape index (κ1) is 32.9. The summed E-state index contributed by atoms with van der Waals surface area (Å²) in [6, 6.07) is 2.48. The molecule has 0 spiro atoms. The fraction of sp³-hybridized carbons (Fsp3) is 0.414. The van der Waals surface area contributed by atoms with Crippen molar-refractivity contribution in [2.24, 2.45) is 0 Å². The standard InChI is InChI=1S/C29H32F3N3O8/c1-15-14-34(5-6-35(15)25(37)17-7-18(26(38)39)9-19(8-17)27(40)41)24(36)12-20(33-28(42)43-29(2,3)4)10-16-11-22(31)23(32)13-21(16)30/h7-9,11,13,15,20H,5-6,10,12,14H2,1-4H3,(H,33,42)(H,38,39)(H,40,41)/t15-,20+/m0/s1. The zero-order valence-corrected chi connectivity index (χ0v) is 23.9. The molecule has 3 rings (SSSR count). The van der Waals surface area contributed by atoms with Crippen molar-refractivity contribution in [3.8, 4) is 0 Å². The Bertz CT molecular complexity index is 1410. The van der Waals surface area contributed by atoms with Crippen molar-refractivity contribution in [1.29, 1.82) is 0 Å². The van der Waals surface area contributed by atoms with Gasteiger partial charge in [0.15, 0.2) is 11.6 Å². The van der Waals surface area contributed by atoms with E-state index in [-0.39, 0.29) is 54.7 Å². The van der Waals surface area contributed by atoms with Gasteiger partial charge in [-0.05, 0) is 63.9 Å². The SMILES string of the molecule is C[C@H]1CN(C(=O)C[C@@H](Cc2cc(F)c(F)cc2F)NC(=O)OC(C)(C)C)CCN1C(=O)c1cc(C(=O)O)cc(C(=O)O)c1. The van der Waals surface area contributed by atoms with Gasteiger partial charge in [0.25, 0.3) is 5.91 Å². The number of ether oxygens (including phenoxy) is 1. The summed E-state index contributed by atoms with van der Waals surface area (Å²) in [4.78, 5) is 64.6. The van der Waals surface area contributed by atoms with Gasteiger partial charge in [0.2, 0.25) is 5.91 Å². The van der Waals surface area contributed by atoms with Gasteiger partial charge in [0.05, 0.1) is 11.1 Å². The zero-order valence-electron chi connectivity index (χ0n) is 23.9. The molecule has 14 heteroatoms. The van der Waals surface area contributed by atoms with Crippen LogP contribution in [-0.2, 0) is 16.0 Å². The summed E-state index contributed by atoms with van der Waals surface area (Å²) in [5.74, 6) is -7.65. The summed E-state index contributed by atoms with van der Waals surface area (Å²) in [5.41, 5.74) is -2.03. The van der Waals surface area contributed by atoms with Crippen LogP contribution in [0, 0.1) is 17.5 Å². The first-order valence-corrected chi connectivity index (χ1v) is 13.3. The lowest BCUT2D eigenvalue weighted by Gasteiger charge is -2.40. The molecule has 2 aromatic carbocycles. The normalized spacial score (nSPS) is 15.9. The Hall–Kier alpha value is -4.62. The summed E-state index contributed by atoms with van der Waals surface area (Å²) in [7, 11) is 0. The summed E-state index contributed by atoms with van der Waals surface area (Å²) >= 11 is 0. The third-order valence-corrected chi connectivity index (χ3v) is 6.61. The molecule has 0 saturated carbocycles. The molecule has 1 saturated heterocycles. The molecule has 0 unspecified atom stereocenters. The number of aromatic carboxylic acids is 2. The molecule has 1 heterocycles. The highest BCUT2D eigenvalue weighted by atomic mass is 19.2. The molecular weight excluding hydrogens is 575 g/mol. The average molecular weight is 608 g/mol. The minimum absolute atomic E-state index is 0.0212. The van der Waals surface area contributed by atoms with Gasteiger partial charge in [0, 0.05) is 49.8 Å². The van der Waals surface area contributed by atoms with Crippen molar-refractivity contribution < 1.29 is 52.1 Å². The van der Waals surface area contributed by atoms with Gasteiger partial charge < -0.3 is 30.1 Å². The van der Waals surface area contributed by atoms with Crippen LogP contribution in [0.3, 0.4) is 0 Å². The second-order valence-electron chi connectivity index (χ2n) is 11.2. The van der Waals surface area contributed by atoms with Gasteiger partial charge in [-0.1, -0.05) is 0 Å². The van der Waals surface area contributed by atoms with E-state index in [1.54, 1.807) is 27.7 Å². The Labute approximate surface area is 245 Å². The second-order valence-corrected chi connectivity index (χ2v) is 11.2. The van der Waals surface area contributed by atoms with Crippen molar-refractivity contribution in [2.75, 3.05) is 19.6 Å². The highest BCUT2D eigenvalue weighted by molar-refractivity contribution is 6.01. The van der Waals surface area contributed by atoms with E-state index in [4.69, 9.17) is 4.74 Å². The Morgan fingerprint density at radius 3 is 2.00 bits per heavy atom. The molecule has 2 aromatic rings. The first-order valence-electron chi connectivity index (χ1n) is 13.3. The average Bonchev–Trinajstić information content (AvgIpc) is 2.89. The number of nitrogens with zero attached hydrogens (tertiary/aromatic N) is 2. The van der Waals surface area contributed by atoms with Crippen LogP contribution in [0.15, 0.2) is 30.3 Å². The topological polar surface area (TPSA) is 154 Å². The van der Waals surface area contributed by atoms with Crippen molar-refractivity contribution in [2.45, 2.75) is 58.2 Å². The fourth-order valence-electron chi connectivity index (χ4n) is 4.62. The quantitative estimate of drug-likeness (QED) is 0.384. The molecule has 232 valence electrons. The Morgan fingerprint density at radius 2 is 1.47 bits per heavy atom. The highest BCUT2D eigenvalue weighted by Crippen LogP contribution is 2.21. The van der Waals surface area contributed by atoms with E-state index in [0.717, 1.165) is 18.2 Å². The van der Waals surface area contributed by atoms with Crippen LogP contribution in [0.25, 0.3) is 0 Å². The molecule has 0 bridgehead atoms. The van der Waals surface area contributed by atoms with E-state index < -0.39 is 65.0 Å². The maximum absolute atomic E-state index is 14.4. The number of carboxylic acids is 2. The predicted molar refractivity (Wildman–Crippen MR) is 145 cm³/mol. The molecule has 43 heavy (non-hydrogen) atoms. The Kier molecular flexibility index (Phi) is 10.0. The summed E-state index contributed by atoms with van der Waals surface area (Å²) in [6.45, 7) is 6.58. The number of rotatable bonds is 8. The van der Waals surface area contributed by atoms with Crippen LogP contribution in [0.4, 0.5) is 18.0 Å². The number of piperazine rings is 1. The lowest BCUT2D eigenvalue weighted by atomic mass is 10.0. The van der Waals surface area contributed by atoms with Crippen molar-refractivity contribution in [1.82, 2.24) is 15.1 Å². The van der Waals surface area contributed by atoms with E-state index in [9.17, 15) is 47.4 Å². The van der Waals surface area contributed by atoms with E-state index in [1.165, 1.54) is 9.80 Å². The van der Waals surface area contributed by atoms with Crippen molar-refractivity contribution >= 4 is 29.8 Å². The maximum Gasteiger partial charge on any atom is 0.407 e. The van der Waals surface area contributed by atoms with Crippen LogP contribution in [0.2, 0.25) is 0 Å². The van der Waals surface area contributed by atoms with Crippen molar-refractivity contribution in [3.63, 3.8) is 0 Å². The molecule has 3 N–H and O–H groups in total. The number of carboxylic acid groups (broad SMARTS) is 2. The molecule has 0 aromatic heterocycles. The first-order chi connectivity index (χ1) is 19.9. The number of hydrogen-bond acceptors (Lipinski definition) is 6. The van der Waals surface area contributed by atoms with E-state index >= 15 is 0 Å². The number of halogens is 3. The number of carbonyl (C=O) groups excluding carboxylic acids is 3. The molecule has 2 atom stereocenters. The van der Waals surface area contributed by atoms with E-state index in [0.29, 0.717) is 12.1 Å². The van der Waals surface area contributed by atoms with E-state index in [2.05, 4.69) is 5.32 Å². The third kappa shape index (κ3) is 8.69. The highest BCUT2D eigenvalue weighted by Gasteiger charge is 2.33. The van der Waals surface area contributed by atoms with Gasteiger partial charge in [-0.2, -0.15) is 0 Å². The number of amides is 3. The zero-order chi connectivity index (χ0) is 32.2. The summed E-state index contributed by atoms with van der Waals surface area (Å²) in [6.07, 6.45) is -1.61. The third-order valence-electron chi connectivity index (χ3n) is 6.61. The summed E-state index contributed by atoms with van der Waals surface area (Å²) in [5, 5.41) is 21.1. The van der Waals surface area contributed by atoms with Crippen LogP contribution in [0.5, 0.6) is 0 Å². The second kappa shape index (κ2) is 13.1. The molecule has 1 aliphatic heterocycles. The van der Waals surface area contributed by atoms with Gasteiger partial charge in [-0.3, -0.25) is 9.59 Å². The number of carbonyl (C=O) groups is 5. The number of alkyl carbamates (subject to hydrolysis) is 1. The van der Waals surface area contributed by atoms with Gasteiger partial charge in [-0.25, -0.2) is 27.6 Å². The molecular formula is C29H32F3N3O8. The maximum atomic E-state index is 14.4. The largest absolute Gasteiger partial charge is 0.478 e. The Balaban J connectivity index is 1.75. The fourth-order valence-corrected chi connectivity index (χ4v) is 4.62. The van der Waals surface area contributed by atoms with Crippen LogP contribution in [-0.4, -0.2) is 87.2 Å². The minimum atomic E-state index is -1.40. The molecule has 11 nitrogen and oxygen atoms in total. The number of nitrogens with one attached hydrogen (secondary N) is 1. The van der Waals surface area contributed by atoms with Crippen LogP contribution < -0.4 is 5.32 Å². The van der Waals surface area contributed by atoms with E-state index in [1.807, 2.05) is 0 Å². The predicted octanol–water partition coefficient (Wildman–Crippen LogP) is 3.70. The van der Waals surface area contributed by atoms with Crippen LogP contribution in [0.1, 0.15) is 70.8 Å². The molecule has 3 amide bonds. The lowest BCUT2D eigenvalue weighted by molar-refractivity contribution is -0.134. The molecule has 1 fully saturated rings. The van der Waals surface area contributed by atoms with Gasteiger partial charge in [0.1, 0.15) is 11.4 Å². The monoisotopic (exact) mass is 607 g/mol. The van der Waals surface area contributed by atoms with Crippen molar-refractivity contribution in [3.05, 3.63) is 70.0 Å².